The van der Waals surface area contributed by atoms with Crippen molar-refractivity contribution >= 4 is 30.1 Å². The average molecular weight is 373 g/mol. The van der Waals surface area contributed by atoms with Gasteiger partial charge in [-0.3, -0.25) is 14.4 Å². The Kier molecular flexibility index (Phi) is 7.46. The van der Waals surface area contributed by atoms with E-state index in [0.717, 1.165) is 6.07 Å². The van der Waals surface area contributed by atoms with Gasteiger partial charge in [0.05, 0.1) is 12.0 Å². The standard InChI is InChI=1S/C15H20N4O5.ClH/c16-13(22)8-11(15(24)19-5-3-17-4-6-19)18-14(23)10-2-1-9(20)7-12(10)21;/h1-2,7,11,17,20-21H,3-6,8H2,(H2,16,22)(H,18,23);1H/t11-;/m0./s1. The van der Waals surface area contributed by atoms with Crippen molar-refractivity contribution in [1.29, 1.82) is 0 Å². The van der Waals surface area contributed by atoms with Gasteiger partial charge in [0.15, 0.2) is 0 Å². The van der Waals surface area contributed by atoms with Gasteiger partial charge in [-0.1, -0.05) is 0 Å². The van der Waals surface area contributed by atoms with Crippen molar-refractivity contribution in [3.8, 4) is 11.5 Å². The van der Waals surface area contributed by atoms with E-state index in [4.69, 9.17) is 5.73 Å². The highest BCUT2D eigenvalue weighted by Gasteiger charge is 2.29. The summed E-state index contributed by atoms with van der Waals surface area (Å²) in [6.07, 6.45) is -0.340. The number of phenols is 2. The number of hydrogen-bond donors (Lipinski definition) is 5. The highest BCUT2D eigenvalue weighted by molar-refractivity contribution is 6.00. The molecule has 0 unspecified atom stereocenters. The molecule has 1 heterocycles. The van der Waals surface area contributed by atoms with E-state index in [1.54, 1.807) is 4.90 Å². The molecule has 1 aromatic rings. The van der Waals surface area contributed by atoms with E-state index < -0.39 is 29.5 Å². The average Bonchev–Trinajstić information content (AvgIpc) is 2.53. The first-order valence-corrected chi connectivity index (χ1v) is 7.49. The normalized spacial score (nSPS) is 15.0. The Hall–Kier alpha value is -2.52. The van der Waals surface area contributed by atoms with E-state index in [1.165, 1.54) is 12.1 Å². The molecule has 0 spiro atoms. The van der Waals surface area contributed by atoms with Gasteiger partial charge in [0.1, 0.15) is 17.5 Å². The second kappa shape index (κ2) is 9.09. The number of carbonyl (C=O) groups excluding carboxylic acids is 3. The topological polar surface area (TPSA) is 145 Å². The molecule has 3 amide bonds. The molecular weight excluding hydrogens is 352 g/mol. The van der Waals surface area contributed by atoms with Crippen molar-refractivity contribution in [3.05, 3.63) is 23.8 Å². The van der Waals surface area contributed by atoms with Crippen LogP contribution in [0.25, 0.3) is 0 Å². The molecule has 6 N–H and O–H groups in total. The SMILES string of the molecule is Cl.NC(=O)C[C@H](NC(=O)c1ccc(O)cc1O)C(=O)N1CCNCC1. The number of piperazine rings is 1. The van der Waals surface area contributed by atoms with Crippen LogP contribution in [0.3, 0.4) is 0 Å². The fourth-order valence-electron chi connectivity index (χ4n) is 2.45. The second-order valence-corrected chi connectivity index (χ2v) is 5.47. The molecule has 1 aliphatic rings. The number of phenolic OH excluding ortho intramolecular Hbond substituents is 2. The summed E-state index contributed by atoms with van der Waals surface area (Å²) in [6, 6.07) is 2.35. The molecule has 2 rings (SSSR count). The molecule has 1 aliphatic heterocycles. The van der Waals surface area contributed by atoms with Gasteiger partial charge in [0, 0.05) is 32.2 Å². The monoisotopic (exact) mass is 372 g/mol. The summed E-state index contributed by atoms with van der Waals surface area (Å²) >= 11 is 0. The van der Waals surface area contributed by atoms with Crippen LogP contribution < -0.4 is 16.4 Å². The number of rotatable bonds is 5. The number of benzene rings is 1. The summed E-state index contributed by atoms with van der Waals surface area (Å²) in [5, 5.41) is 24.5. The van der Waals surface area contributed by atoms with Crippen molar-refractivity contribution in [2.75, 3.05) is 26.2 Å². The van der Waals surface area contributed by atoms with E-state index >= 15 is 0 Å². The van der Waals surface area contributed by atoms with Gasteiger partial charge in [0.2, 0.25) is 11.8 Å². The predicted octanol–water partition coefficient (Wildman–Crippen LogP) is -1.07. The molecule has 9 nitrogen and oxygen atoms in total. The molecule has 1 saturated heterocycles. The molecule has 0 saturated carbocycles. The molecule has 0 radical (unpaired) electrons. The minimum absolute atomic E-state index is 0. The van der Waals surface area contributed by atoms with Crippen molar-refractivity contribution in [1.82, 2.24) is 15.5 Å². The lowest BCUT2D eigenvalue weighted by Crippen LogP contribution is -2.54. The number of carbonyl (C=O) groups is 3. The smallest absolute Gasteiger partial charge is 0.255 e. The van der Waals surface area contributed by atoms with E-state index in [0.29, 0.717) is 26.2 Å². The zero-order chi connectivity index (χ0) is 17.7. The maximum absolute atomic E-state index is 12.5. The lowest BCUT2D eigenvalue weighted by Gasteiger charge is -2.30. The molecule has 25 heavy (non-hydrogen) atoms. The minimum Gasteiger partial charge on any atom is -0.508 e. The second-order valence-electron chi connectivity index (χ2n) is 5.47. The number of nitrogens with two attached hydrogens (primary N) is 1. The summed E-state index contributed by atoms with van der Waals surface area (Å²) in [5.74, 6) is -2.49. The number of nitrogens with zero attached hydrogens (tertiary/aromatic N) is 1. The maximum atomic E-state index is 12.5. The number of hydrogen-bond acceptors (Lipinski definition) is 6. The van der Waals surface area contributed by atoms with Crippen LogP contribution in [0.5, 0.6) is 11.5 Å². The van der Waals surface area contributed by atoms with Crippen LogP contribution in [-0.4, -0.2) is 65.1 Å². The van der Waals surface area contributed by atoms with Crippen LogP contribution in [0.4, 0.5) is 0 Å². The summed E-state index contributed by atoms with van der Waals surface area (Å²) in [5.41, 5.74) is 5.05. The Morgan fingerprint density at radius 1 is 1.24 bits per heavy atom. The van der Waals surface area contributed by atoms with Gasteiger partial charge in [0.25, 0.3) is 5.91 Å². The van der Waals surface area contributed by atoms with E-state index in [-0.39, 0.29) is 30.1 Å². The van der Waals surface area contributed by atoms with Crippen molar-refractivity contribution in [2.45, 2.75) is 12.5 Å². The largest absolute Gasteiger partial charge is 0.508 e. The Morgan fingerprint density at radius 3 is 2.44 bits per heavy atom. The third kappa shape index (κ3) is 5.50. The summed E-state index contributed by atoms with van der Waals surface area (Å²) in [7, 11) is 0. The predicted molar refractivity (Wildman–Crippen MR) is 91.5 cm³/mol. The number of nitrogens with one attached hydrogen (secondary N) is 2. The van der Waals surface area contributed by atoms with Gasteiger partial charge < -0.3 is 31.5 Å². The molecule has 1 aromatic carbocycles. The Labute approximate surface area is 150 Å². The summed E-state index contributed by atoms with van der Waals surface area (Å²) in [6.45, 7) is 2.19. The van der Waals surface area contributed by atoms with Crippen LogP contribution in [0.2, 0.25) is 0 Å². The zero-order valence-corrected chi connectivity index (χ0v) is 14.2. The van der Waals surface area contributed by atoms with Crippen molar-refractivity contribution in [2.24, 2.45) is 5.73 Å². The van der Waals surface area contributed by atoms with Crippen molar-refractivity contribution < 1.29 is 24.6 Å². The third-order valence-electron chi connectivity index (χ3n) is 3.66. The first kappa shape index (κ1) is 20.5. The number of primary amides is 1. The Balaban J connectivity index is 0.00000312. The van der Waals surface area contributed by atoms with E-state index in [9.17, 15) is 24.6 Å². The minimum atomic E-state index is -1.11. The molecule has 138 valence electrons. The fourth-order valence-corrected chi connectivity index (χ4v) is 2.45. The molecule has 10 heteroatoms. The van der Waals surface area contributed by atoms with Crippen LogP contribution in [-0.2, 0) is 9.59 Å². The quantitative estimate of drug-likeness (QED) is 0.445. The highest BCUT2D eigenvalue weighted by atomic mass is 35.5. The van der Waals surface area contributed by atoms with Gasteiger partial charge in [-0.25, -0.2) is 0 Å². The molecule has 0 aliphatic carbocycles. The number of aromatic hydroxyl groups is 2. The van der Waals surface area contributed by atoms with Crippen LogP contribution in [0.1, 0.15) is 16.8 Å². The Bertz CT molecular complexity index is 649. The summed E-state index contributed by atoms with van der Waals surface area (Å²) < 4.78 is 0. The summed E-state index contributed by atoms with van der Waals surface area (Å²) in [4.78, 5) is 37.6. The number of halogens is 1. The van der Waals surface area contributed by atoms with Gasteiger partial charge >= 0.3 is 0 Å². The van der Waals surface area contributed by atoms with Crippen LogP contribution in [0, 0.1) is 0 Å². The lowest BCUT2D eigenvalue weighted by atomic mass is 10.1. The van der Waals surface area contributed by atoms with Gasteiger partial charge in [-0.05, 0) is 12.1 Å². The van der Waals surface area contributed by atoms with Crippen LogP contribution >= 0.6 is 12.4 Å². The highest BCUT2D eigenvalue weighted by Crippen LogP contribution is 2.22. The molecule has 0 bridgehead atoms. The zero-order valence-electron chi connectivity index (χ0n) is 13.4. The Morgan fingerprint density at radius 2 is 1.88 bits per heavy atom. The first-order valence-electron chi connectivity index (χ1n) is 7.49. The molecule has 1 atom stereocenters. The molecular formula is C15H21ClN4O5. The van der Waals surface area contributed by atoms with Gasteiger partial charge in [-0.15, -0.1) is 12.4 Å². The third-order valence-corrected chi connectivity index (χ3v) is 3.66. The lowest BCUT2D eigenvalue weighted by molar-refractivity contribution is -0.135. The number of amides is 3. The van der Waals surface area contributed by atoms with E-state index in [2.05, 4.69) is 10.6 Å². The van der Waals surface area contributed by atoms with Crippen LogP contribution in [0.15, 0.2) is 18.2 Å². The molecule has 0 aromatic heterocycles. The molecule has 1 fully saturated rings. The fraction of sp³-hybridized carbons (Fsp3) is 0.400. The van der Waals surface area contributed by atoms with E-state index in [1.807, 2.05) is 0 Å². The van der Waals surface area contributed by atoms with Gasteiger partial charge in [-0.2, -0.15) is 0 Å². The van der Waals surface area contributed by atoms with Crippen molar-refractivity contribution in [3.63, 3.8) is 0 Å². The first-order chi connectivity index (χ1) is 11.4. The maximum Gasteiger partial charge on any atom is 0.255 e.